The van der Waals surface area contributed by atoms with Crippen LogP contribution in [0.25, 0.3) is 0 Å². The van der Waals surface area contributed by atoms with Gasteiger partial charge in [-0.2, -0.15) is 0 Å². The molecule has 0 unspecified atom stereocenters. The molecule has 0 aromatic heterocycles. The minimum atomic E-state index is 0.0428. The van der Waals surface area contributed by atoms with Crippen LogP contribution in [0.15, 0.2) is 0 Å². The largest absolute Gasteiger partial charge is 0.377 e. The van der Waals surface area contributed by atoms with Gasteiger partial charge in [0.2, 0.25) is 0 Å². The molecule has 3 atom stereocenters. The fourth-order valence-electron chi connectivity index (χ4n) is 1.03. The second-order valence-corrected chi connectivity index (χ2v) is 2.71. The Kier molecular flexibility index (Phi) is 2.05. The second kappa shape index (κ2) is 2.64. The van der Waals surface area contributed by atoms with Crippen LogP contribution in [0.5, 0.6) is 0 Å². The van der Waals surface area contributed by atoms with Crippen molar-refractivity contribution in [1.82, 2.24) is 0 Å². The van der Waals surface area contributed by atoms with E-state index < -0.39 is 0 Å². The van der Waals surface area contributed by atoms with Crippen molar-refractivity contribution in [1.29, 1.82) is 0 Å². The van der Waals surface area contributed by atoms with Crippen LogP contribution in [0, 0.1) is 0 Å². The van der Waals surface area contributed by atoms with Gasteiger partial charge in [-0.05, 0) is 13.3 Å². The minimum absolute atomic E-state index is 0.0428. The summed E-state index contributed by atoms with van der Waals surface area (Å²) in [6.07, 6.45) is 1.18. The molecule has 0 amide bonds. The average molecular weight is 130 g/mol. The summed E-state index contributed by atoms with van der Waals surface area (Å²) in [6.45, 7) is 2.63. The molecule has 1 aliphatic rings. The Balaban J connectivity index is 2.35. The maximum atomic E-state index is 5.66. The maximum Gasteiger partial charge on any atom is 0.0636 e. The van der Waals surface area contributed by atoms with Crippen LogP contribution in [-0.2, 0) is 4.74 Å². The summed E-state index contributed by atoms with van der Waals surface area (Å²) in [7, 11) is 0. The Morgan fingerprint density at radius 2 is 2.00 bits per heavy atom. The highest BCUT2D eigenvalue weighted by Crippen LogP contribution is 2.09. The summed E-state index contributed by atoms with van der Waals surface area (Å²) in [6, 6.07) is 0.176. The third kappa shape index (κ3) is 1.64. The molecule has 54 valence electrons. The van der Waals surface area contributed by atoms with Crippen LogP contribution in [0.1, 0.15) is 13.3 Å². The number of rotatable bonds is 0. The number of hydrogen-bond donors (Lipinski definition) is 2. The standard InChI is InChI=1S/C6H14N2O/c1-4-2-5(7)6(8)3-9-4/h4-6H,2-3,7-8H2,1H3/t4-,5+,6-/m0/s1. The Bertz CT molecular complexity index is 97.1. The van der Waals surface area contributed by atoms with Crippen LogP contribution in [-0.4, -0.2) is 24.8 Å². The lowest BCUT2D eigenvalue weighted by molar-refractivity contribution is 0.00803. The van der Waals surface area contributed by atoms with Crippen molar-refractivity contribution in [3.05, 3.63) is 0 Å². The highest BCUT2D eigenvalue weighted by molar-refractivity contribution is 4.81. The van der Waals surface area contributed by atoms with E-state index in [1.807, 2.05) is 6.92 Å². The lowest BCUT2D eigenvalue weighted by Gasteiger charge is -2.29. The molecular weight excluding hydrogens is 116 g/mol. The molecule has 0 spiro atoms. The predicted octanol–water partition coefficient (Wildman–Crippen LogP) is -0.550. The average Bonchev–Trinajstić information content (AvgIpc) is 1.80. The summed E-state index contributed by atoms with van der Waals surface area (Å²) >= 11 is 0. The van der Waals surface area contributed by atoms with E-state index in [-0.39, 0.29) is 12.1 Å². The van der Waals surface area contributed by atoms with E-state index in [1.54, 1.807) is 0 Å². The van der Waals surface area contributed by atoms with E-state index in [1.165, 1.54) is 0 Å². The SMILES string of the molecule is C[C@H]1C[C@@H](N)[C@@H](N)CO1. The molecule has 3 heteroatoms. The highest BCUT2D eigenvalue weighted by Gasteiger charge is 2.22. The van der Waals surface area contributed by atoms with E-state index in [9.17, 15) is 0 Å². The monoisotopic (exact) mass is 130 g/mol. The van der Waals surface area contributed by atoms with Gasteiger partial charge in [-0.1, -0.05) is 0 Å². The molecule has 4 N–H and O–H groups in total. The molecule has 1 heterocycles. The molecule has 0 bridgehead atoms. The molecule has 9 heavy (non-hydrogen) atoms. The Labute approximate surface area is 55.4 Å². The smallest absolute Gasteiger partial charge is 0.0636 e. The van der Waals surface area contributed by atoms with Crippen molar-refractivity contribution in [3.8, 4) is 0 Å². The normalized spacial score (nSPS) is 45.0. The third-order valence-electron chi connectivity index (χ3n) is 1.73. The minimum Gasteiger partial charge on any atom is -0.377 e. The first kappa shape index (κ1) is 6.99. The number of hydrogen-bond acceptors (Lipinski definition) is 3. The fraction of sp³-hybridized carbons (Fsp3) is 1.00. The van der Waals surface area contributed by atoms with Gasteiger partial charge in [0, 0.05) is 12.1 Å². The van der Waals surface area contributed by atoms with E-state index in [0.717, 1.165) is 6.42 Å². The van der Waals surface area contributed by atoms with Gasteiger partial charge in [0.1, 0.15) is 0 Å². The molecule has 1 fully saturated rings. The van der Waals surface area contributed by atoms with Gasteiger partial charge in [0.15, 0.2) is 0 Å². The Hall–Kier alpha value is -0.120. The summed E-state index contributed by atoms with van der Waals surface area (Å²) in [5.41, 5.74) is 11.3. The van der Waals surface area contributed by atoms with E-state index in [4.69, 9.17) is 16.2 Å². The quantitative estimate of drug-likeness (QED) is 0.462. The van der Waals surface area contributed by atoms with Crippen molar-refractivity contribution in [2.45, 2.75) is 31.5 Å². The molecule has 0 saturated carbocycles. The molecule has 0 radical (unpaired) electrons. The molecule has 1 rings (SSSR count). The third-order valence-corrected chi connectivity index (χ3v) is 1.73. The number of nitrogens with two attached hydrogens (primary N) is 2. The zero-order valence-corrected chi connectivity index (χ0v) is 5.71. The topological polar surface area (TPSA) is 61.3 Å². The predicted molar refractivity (Wildman–Crippen MR) is 36.0 cm³/mol. The van der Waals surface area contributed by atoms with Gasteiger partial charge in [0.05, 0.1) is 12.7 Å². The summed E-state index contributed by atoms with van der Waals surface area (Å²) in [5, 5.41) is 0. The lowest BCUT2D eigenvalue weighted by Crippen LogP contribution is -2.50. The highest BCUT2D eigenvalue weighted by atomic mass is 16.5. The van der Waals surface area contributed by atoms with Gasteiger partial charge in [-0.25, -0.2) is 0 Å². The van der Waals surface area contributed by atoms with E-state index >= 15 is 0 Å². The molecule has 0 aliphatic carbocycles. The van der Waals surface area contributed by atoms with Crippen LogP contribution in [0.3, 0.4) is 0 Å². The first-order chi connectivity index (χ1) is 4.20. The maximum absolute atomic E-state index is 5.66. The number of ether oxygens (including phenoxy) is 1. The van der Waals surface area contributed by atoms with Gasteiger partial charge in [-0.15, -0.1) is 0 Å². The Morgan fingerprint density at radius 1 is 1.33 bits per heavy atom. The lowest BCUT2D eigenvalue weighted by atomic mass is 10.0. The molecule has 3 nitrogen and oxygen atoms in total. The van der Waals surface area contributed by atoms with Crippen LogP contribution in [0.2, 0.25) is 0 Å². The fourth-order valence-corrected chi connectivity index (χ4v) is 1.03. The van der Waals surface area contributed by atoms with E-state index in [2.05, 4.69) is 0 Å². The van der Waals surface area contributed by atoms with Crippen molar-refractivity contribution in [2.24, 2.45) is 11.5 Å². The molecule has 0 aromatic carbocycles. The first-order valence-electron chi connectivity index (χ1n) is 3.33. The zero-order chi connectivity index (χ0) is 6.85. The van der Waals surface area contributed by atoms with Crippen LogP contribution < -0.4 is 11.5 Å². The van der Waals surface area contributed by atoms with Gasteiger partial charge in [0.25, 0.3) is 0 Å². The zero-order valence-electron chi connectivity index (χ0n) is 5.71. The van der Waals surface area contributed by atoms with Crippen molar-refractivity contribution in [3.63, 3.8) is 0 Å². The van der Waals surface area contributed by atoms with Gasteiger partial charge in [-0.3, -0.25) is 0 Å². The molecule has 1 aliphatic heterocycles. The van der Waals surface area contributed by atoms with Crippen LogP contribution in [0.4, 0.5) is 0 Å². The van der Waals surface area contributed by atoms with E-state index in [0.29, 0.717) is 12.7 Å². The second-order valence-electron chi connectivity index (χ2n) is 2.71. The van der Waals surface area contributed by atoms with Crippen molar-refractivity contribution < 1.29 is 4.74 Å². The van der Waals surface area contributed by atoms with Gasteiger partial charge >= 0.3 is 0 Å². The van der Waals surface area contributed by atoms with Crippen molar-refractivity contribution >= 4 is 0 Å². The summed E-state index contributed by atoms with van der Waals surface area (Å²) < 4.78 is 5.26. The molecule has 1 saturated heterocycles. The summed E-state index contributed by atoms with van der Waals surface area (Å²) in [5.74, 6) is 0. The van der Waals surface area contributed by atoms with Crippen molar-refractivity contribution in [2.75, 3.05) is 6.61 Å². The summed E-state index contributed by atoms with van der Waals surface area (Å²) in [4.78, 5) is 0. The molecule has 0 aromatic rings. The van der Waals surface area contributed by atoms with Gasteiger partial charge < -0.3 is 16.2 Å². The van der Waals surface area contributed by atoms with Crippen LogP contribution >= 0.6 is 0 Å². The molecular formula is C6H14N2O. The Morgan fingerprint density at radius 3 is 2.44 bits per heavy atom. The first-order valence-corrected chi connectivity index (χ1v) is 3.33.